The van der Waals surface area contributed by atoms with Crippen molar-refractivity contribution < 1.29 is 17.9 Å². The van der Waals surface area contributed by atoms with Gasteiger partial charge in [-0.1, -0.05) is 11.6 Å². The SMILES string of the molecule is COc1ncc(-c2nc(CNc3ccnc(C(F)(F)F)c3)cs2)cc1Cl. The highest BCUT2D eigenvalue weighted by molar-refractivity contribution is 7.13. The zero-order chi connectivity index (χ0) is 18.7. The molecule has 3 aromatic rings. The fraction of sp³-hybridized carbons (Fsp3) is 0.188. The van der Waals surface area contributed by atoms with Crippen molar-refractivity contribution in [2.45, 2.75) is 12.7 Å². The van der Waals surface area contributed by atoms with Gasteiger partial charge in [0.05, 0.1) is 19.3 Å². The summed E-state index contributed by atoms with van der Waals surface area (Å²) in [6.07, 6.45) is -1.77. The normalized spacial score (nSPS) is 11.4. The molecule has 0 radical (unpaired) electrons. The molecule has 0 atom stereocenters. The van der Waals surface area contributed by atoms with Crippen molar-refractivity contribution >= 4 is 28.6 Å². The summed E-state index contributed by atoms with van der Waals surface area (Å²) >= 11 is 7.44. The van der Waals surface area contributed by atoms with Crippen LogP contribution in [0.3, 0.4) is 0 Å². The lowest BCUT2D eigenvalue weighted by Gasteiger charge is -2.08. The summed E-state index contributed by atoms with van der Waals surface area (Å²) in [5.41, 5.74) is 0.786. The molecule has 0 aliphatic heterocycles. The van der Waals surface area contributed by atoms with Crippen molar-refractivity contribution in [1.82, 2.24) is 15.0 Å². The van der Waals surface area contributed by atoms with Crippen LogP contribution in [-0.4, -0.2) is 22.1 Å². The number of aromatic nitrogens is 3. The van der Waals surface area contributed by atoms with Crippen LogP contribution in [-0.2, 0) is 12.7 Å². The fourth-order valence-electron chi connectivity index (χ4n) is 2.10. The highest BCUT2D eigenvalue weighted by atomic mass is 35.5. The second-order valence-corrected chi connectivity index (χ2v) is 6.41. The van der Waals surface area contributed by atoms with E-state index in [1.807, 2.05) is 5.38 Å². The van der Waals surface area contributed by atoms with Gasteiger partial charge in [0.25, 0.3) is 0 Å². The lowest BCUT2D eigenvalue weighted by atomic mass is 10.3. The van der Waals surface area contributed by atoms with Gasteiger partial charge >= 0.3 is 6.18 Å². The first-order chi connectivity index (χ1) is 12.4. The molecule has 0 aliphatic rings. The van der Waals surface area contributed by atoms with Gasteiger partial charge < -0.3 is 10.1 Å². The number of ether oxygens (including phenoxy) is 1. The number of rotatable bonds is 5. The maximum Gasteiger partial charge on any atom is 0.433 e. The average Bonchev–Trinajstić information content (AvgIpc) is 3.08. The summed E-state index contributed by atoms with van der Waals surface area (Å²) in [5, 5.41) is 5.79. The van der Waals surface area contributed by atoms with Gasteiger partial charge in [0.15, 0.2) is 0 Å². The number of thiazole rings is 1. The third kappa shape index (κ3) is 4.23. The third-order valence-corrected chi connectivity index (χ3v) is 4.53. The molecule has 3 rings (SSSR count). The largest absolute Gasteiger partial charge is 0.480 e. The van der Waals surface area contributed by atoms with E-state index in [1.165, 1.54) is 24.5 Å². The minimum absolute atomic E-state index is 0.273. The van der Waals surface area contributed by atoms with Crippen molar-refractivity contribution in [1.29, 1.82) is 0 Å². The highest BCUT2D eigenvalue weighted by Gasteiger charge is 2.32. The molecule has 136 valence electrons. The van der Waals surface area contributed by atoms with E-state index >= 15 is 0 Å². The molecular formula is C16H12ClF3N4OS. The number of pyridine rings is 2. The molecule has 26 heavy (non-hydrogen) atoms. The van der Waals surface area contributed by atoms with Crippen LogP contribution in [0.25, 0.3) is 10.6 Å². The predicted molar refractivity (Wildman–Crippen MR) is 93.5 cm³/mol. The molecule has 0 fully saturated rings. The maximum atomic E-state index is 12.7. The molecule has 0 bridgehead atoms. The molecule has 0 aromatic carbocycles. The van der Waals surface area contributed by atoms with Crippen LogP contribution < -0.4 is 10.1 Å². The number of halogens is 4. The Balaban J connectivity index is 1.70. The third-order valence-electron chi connectivity index (χ3n) is 3.32. The Morgan fingerprint density at radius 2 is 2.08 bits per heavy atom. The fourth-order valence-corrected chi connectivity index (χ4v) is 3.15. The number of hydrogen-bond donors (Lipinski definition) is 1. The quantitative estimate of drug-likeness (QED) is 0.660. The van der Waals surface area contributed by atoms with Gasteiger partial charge in [0, 0.05) is 29.0 Å². The van der Waals surface area contributed by atoms with E-state index in [2.05, 4.69) is 20.3 Å². The summed E-state index contributed by atoms with van der Waals surface area (Å²) in [6.45, 7) is 0.273. The molecule has 0 spiro atoms. The van der Waals surface area contributed by atoms with Crippen molar-refractivity contribution in [2.75, 3.05) is 12.4 Å². The smallest absolute Gasteiger partial charge is 0.433 e. The summed E-state index contributed by atoms with van der Waals surface area (Å²) in [5.74, 6) is 0.326. The number of nitrogens with zero attached hydrogens (tertiary/aromatic N) is 3. The van der Waals surface area contributed by atoms with Crippen molar-refractivity contribution in [3.8, 4) is 16.5 Å². The molecule has 1 N–H and O–H groups in total. The second kappa shape index (κ2) is 7.46. The van der Waals surface area contributed by atoms with E-state index in [1.54, 1.807) is 12.3 Å². The average molecular weight is 401 g/mol. The summed E-state index contributed by atoms with van der Waals surface area (Å²) in [4.78, 5) is 11.9. The minimum Gasteiger partial charge on any atom is -0.480 e. The van der Waals surface area contributed by atoms with Gasteiger partial charge in [-0.3, -0.25) is 4.98 Å². The van der Waals surface area contributed by atoms with Crippen molar-refractivity contribution in [3.63, 3.8) is 0 Å². The Morgan fingerprint density at radius 1 is 1.27 bits per heavy atom. The van der Waals surface area contributed by atoms with E-state index in [4.69, 9.17) is 16.3 Å². The standard InChI is InChI=1S/C16H12ClF3N4OS/c1-25-14-12(17)4-9(6-23-14)15-24-11(8-26-15)7-22-10-2-3-21-13(5-10)16(18,19)20/h2-6,8H,7H2,1H3,(H,21,22). The molecule has 0 unspecified atom stereocenters. The van der Waals surface area contributed by atoms with Gasteiger partial charge in [0.1, 0.15) is 15.7 Å². The molecule has 0 saturated heterocycles. The predicted octanol–water partition coefficient (Wildman–Crippen LogP) is 4.89. The lowest BCUT2D eigenvalue weighted by Crippen LogP contribution is -2.09. The Kier molecular flexibility index (Phi) is 5.28. The summed E-state index contributed by atoms with van der Waals surface area (Å²) in [7, 11) is 1.48. The first-order valence-electron chi connectivity index (χ1n) is 7.28. The van der Waals surface area contributed by atoms with Crippen LogP contribution in [0.2, 0.25) is 5.02 Å². The van der Waals surface area contributed by atoms with Crippen LogP contribution >= 0.6 is 22.9 Å². The second-order valence-electron chi connectivity index (χ2n) is 5.14. The van der Waals surface area contributed by atoms with E-state index in [-0.39, 0.29) is 6.54 Å². The van der Waals surface area contributed by atoms with Gasteiger partial charge in [0.2, 0.25) is 5.88 Å². The van der Waals surface area contributed by atoms with Crippen molar-refractivity contribution in [2.24, 2.45) is 0 Å². The summed E-state index contributed by atoms with van der Waals surface area (Å²) in [6, 6.07) is 4.12. The van der Waals surface area contributed by atoms with Crippen LogP contribution in [0.15, 0.2) is 36.0 Å². The minimum atomic E-state index is -4.48. The zero-order valence-corrected chi connectivity index (χ0v) is 14.9. The van der Waals surface area contributed by atoms with E-state index in [9.17, 15) is 13.2 Å². The van der Waals surface area contributed by atoms with Crippen LogP contribution in [0, 0.1) is 0 Å². The van der Waals surface area contributed by atoms with Gasteiger partial charge in [-0.15, -0.1) is 11.3 Å². The Hall–Kier alpha value is -2.39. The number of anilines is 1. The Morgan fingerprint density at radius 3 is 2.77 bits per heavy atom. The molecule has 0 amide bonds. The van der Waals surface area contributed by atoms with Gasteiger partial charge in [-0.25, -0.2) is 9.97 Å². The molecule has 5 nitrogen and oxygen atoms in total. The molecule has 0 saturated carbocycles. The molecular weight excluding hydrogens is 389 g/mol. The molecule has 3 aromatic heterocycles. The summed E-state index contributed by atoms with van der Waals surface area (Å²) < 4.78 is 43.1. The van der Waals surface area contributed by atoms with Gasteiger partial charge in [-0.2, -0.15) is 13.2 Å². The van der Waals surface area contributed by atoms with Crippen LogP contribution in [0.4, 0.5) is 18.9 Å². The Labute approximate surface area is 155 Å². The maximum absolute atomic E-state index is 12.7. The molecule has 3 heterocycles. The number of nitrogens with one attached hydrogen (secondary N) is 1. The molecule has 10 heteroatoms. The number of hydrogen-bond acceptors (Lipinski definition) is 6. The van der Waals surface area contributed by atoms with E-state index in [0.29, 0.717) is 27.3 Å². The zero-order valence-electron chi connectivity index (χ0n) is 13.3. The number of methoxy groups -OCH3 is 1. The van der Waals surface area contributed by atoms with Crippen LogP contribution in [0.1, 0.15) is 11.4 Å². The Bertz CT molecular complexity index is 917. The van der Waals surface area contributed by atoms with Crippen LogP contribution in [0.5, 0.6) is 5.88 Å². The first-order valence-corrected chi connectivity index (χ1v) is 8.54. The monoisotopic (exact) mass is 400 g/mol. The lowest BCUT2D eigenvalue weighted by molar-refractivity contribution is -0.141. The van der Waals surface area contributed by atoms with E-state index in [0.717, 1.165) is 17.8 Å². The van der Waals surface area contributed by atoms with E-state index < -0.39 is 11.9 Å². The molecule has 0 aliphatic carbocycles. The highest BCUT2D eigenvalue weighted by Crippen LogP contribution is 2.31. The topological polar surface area (TPSA) is 59.9 Å². The van der Waals surface area contributed by atoms with Gasteiger partial charge in [-0.05, 0) is 18.2 Å². The van der Waals surface area contributed by atoms with Crippen molar-refractivity contribution in [3.05, 3.63) is 52.4 Å². The first kappa shape index (κ1) is 18.4. The number of alkyl halides is 3.